The zero-order valence-corrected chi connectivity index (χ0v) is 14.0. The lowest BCUT2D eigenvalue weighted by Gasteiger charge is -2.28. The van der Waals surface area contributed by atoms with Gasteiger partial charge in [-0.05, 0) is 39.5 Å². The van der Waals surface area contributed by atoms with Crippen molar-refractivity contribution in [2.45, 2.75) is 13.0 Å². The van der Waals surface area contributed by atoms with Crippen molar-refractivity contribution in [1.29, 1.82) is 0 Å². The average molecular weight is 375 g/mol. The topological polar surface area (TPSA) is 59.5 Å². The molecule has 5 nitrogen and oxygen atoms in total. The summed E-state index contributed by atoms with van der Waals surface area (Å²) in [5.41, 5.74) is 2.74. The minimum atomic E-state index is -0.551. The van der Waals surface area contributed by atoms with Gasteiger partial charge in [0.15, 0.2) is 6.61 Å². The molecule has 0 unspecified atom stereocenters. The Kier molecular flexibility index (Phi) is 4.71. The molecule has 2 aromatic rings. The lowest BCUT2D eigenvalue weighted by Crippen LogP contribution is -2.38. The summed E-state index contributed by atoms with van der Waals surface area (Å²) in [7, 11) is 0. The van der Waals surface area contributed by atoms with Gasteiger partial charge >= 0.3 is 5.97 Å². The van der Waals surface area contributed by atoms with Crippen LogP contribution in [0, 0.1) is 0 Å². The maximum atomic E-state index is 12.2. The molecule has 1 aromatic carbocycles. The van der Waals surface area contributed by atoms with Crippen LogP contribution in [0.25, 0.3) is 0 Å². The van der Waals surface area contributed by atoms with Crippen LogP contribution in [0.3, 0.4) is 0 Å². The largest absolute Gasteiger partial charge is 0.452 e. The summed E-state index contributed by atoms with van der Waals surface area (Å²) in [5, 5.41) is 0. The number of carbonyl (C=O) groups excluding carboxylic acids is 2. The molecule has 3 rings (SSSR count). The summed E-state index contributed by atoms with van der Waals surface area (Å²) in [5.74, 6) is -0.736. The molecule has 118 valence electrons. The highest BCUT2D eigenvalue weighted by Crippen LogP contribution is 2.18. The van der Waals surface area contributed by atoms with E-state index in [0.29, 0.717) is 23.1 Å². The number of pyridine rings is 1. The molecule has 0 bridgehead atoms. The minimum absolute atomic E-state index is 0.184. The number of benzene rings is 1. The van der Waals surface area contributed by atoms with Gasteiger partial charge in [0.25, 0.3) is 5.91 Å². The van der Waals surface area contributed by atoms with E-state index in [1.807, 2.05) is 18.2 Å². The molecule has 0 fully saturated rings. The van der Waals surface area contributed by atoms with Crippen molar-refractivity contribution < 1.29 is 14.3 Å². The second kappa shape index (κ2) is 6.91. The van der Waals surface area contributed by atoms with E-state index in [2.05, 4.69) is 27.0 Å². The van der Waals surface area contributed by atoms with Crippen LogP contribution >= 0.6 is 15.9 Å². The number of carbonyl (C=O) groups is 2. The van der Waals surface area contributed by atoms with Crippen molar-refractivity contribution in [3.8, 4) is 0 Å². The van der Waals surface area contributed by atoms with Gasteiger partial charge in [0.05, 0.1) is 5.56 Å². The van der Waals surface area contributed by atoms with E-state index >= 15 is 0 Å². The predicted octanol–water partition coefficient (Wildman–Crippen LogP) is 2.59. The summed E-state index contributed by atoms with van der Waals surface area (Å²) in [6.07, 6.45) is 3.81. The van der Waals surface area contributed by atoms with Crippen LogP contribution in [0.4, 0.5) is 0 Å². The van der Waals surface area contributed by atoms with E-state index in [-0.39, 0.29) is 12.5 Å². The molecule has 0 aliphatic carbocycles. The van der Waals surface area contributed by atoms with Gasteiger partial charge in [-0.2, -0.15) is 0 Å². The molecule has 0 spiro atoms. The van der Waals surface area contributed by atoms with E-state index in [9.17, 15) is 9.59 Å². The van der Waals surface area contributed by atoms with Gasteiger partial charge in [-0.3, -0.25) is 9.78 Å². The number of hydrogen-bond donors (Lipinski definition) is 0. The van der Waals surface area contributed by atoms with Crippen molar-refractivity contribution in [1.82, 2.24) is 9.88 Å². The summed E-state index contributed by atoms with van der Waals surface area (Å²) in [4.78, 5) is 29.8. The highest BCUT2D eigenvalue weighted by atomic mass is 79.9. The van der Waals surface area contributed by atoms with Crippen molar-refractivity contribution in [3.05, 3.63) is 63.9 Å². The van der Waals surface area contributed by atoms with Crippen LogP contribution in [0.1, 0.15) is 21.5 Å². The lowest BCUT2D eigenvalue weighted by molar-refractivity contribution is -0.135. The lowest BCUT2D eigenvalue weighted by atomic mass is 10.00. The van der Waals surface area contributed by atoms with E-state index in [1.54, 1.807) is 17.2 Å². The summed E-state index contributed by atoms with van der Waals surface area (Å²) in [6, 6.07) is 9.68. The maximum Gasteiger partial charge on any atom is 0.340 e. The third-order valence-electron chi connectivity index (χ3n) is 3.75. The van der Waals surface area contributed by atoms with Crippen LogP contribution < -0.4 is 0 Å². The standard InChI is InChI=1S/C17H15BrN2O3/c18-15-7-14(8-19-9-15)17(22)23-11-16(21)20-6-5-12-3-1-2-4-13(12)10-20/h1-4,7-9H,5-6,10-11H2. The second-order valence-electron chi connectivity index (χ2n) is 5.30. The first-order valence-electron chi connectivity index (χ1n) is 7.26. The molecular weight excluding hydrogens is 360 g/mol. The van der Waals surface area contributed by atoms with Gasteiger partial charge in [0.2, 0.25) is 0 Å². The van der Waals surface area contributed by atoms with Crippen molar-refractivity contribution >= 4 is 27.8 Å². The van der Waals surface area contributed by atoms with Crippen molar-refractivity contribution in [2.75, 3.05) is 13.2 Å². The molecule has 0 saturated carbocycles. The quantitative estimate of drug-likeness (QED) is 0.774. The molecule has 0 N–H and O–H groups in total. The third-order valence-corrected chi connectivity index (χ3v) is 4.18. The Morgan fingerprint density at radius 2 is 2.00 bits per heavy atom. The highest BCUT2D eigenvalue weighted by molar-refractivity contribution is 9.10. The predicted molar refractivity (Wildman–Crippen MR) is 87.8 cm³/mol. The molecule has 1 aromatic heterocycles. The highest BCUT2D eigenvalue weighted by Gasteiger charge is 2.21. The number of ether oxygens (including phenoxy) is 1. The van der Waals surface area contributed by atoms with E-state index in [1.165, 1.54) is 11.8 Å². The molecule has 2 heterocycles. The summed E-state index contributed by atoms with van der Waals surface area (Å²) >= 11 is 3.24. The van der Waals surface area contributed by atoms with Gasteiger partial charge in [-0.15, -0.1) is 0 Å². The molecule has 23 heavy (non-hydrogen) atoms. The molecular formula is C17H15BrN2O3. The van der Waals surface area contributed by atoms with Gasteiger partial charge in [0, 0.05) is 30.0 Å². The van der Waals surface area contributed by atoms with E-state index < -0.39 is 5.97 Å². The molecule has 0 saturated heterocycles. The van der Waals surface area contributed by atoms with Crippen LogP contribution in [0.2, 0.25) is 0 Å². The first-order chi connectivity index (χ1) is 11.1. The van der Waals surface area contributed by atoms with Crippen LogP contribution in [0.15, 0.2) is 47.2 Å². The normalized spacial score (nSPS) is 13.3. The number of rotatable bonds is 3. The molecule has 1 amide bonds. The zero-order valence-electron chi connectivity index (χ0n) is 12.4. The Morgan fingerprint density at radius 1 is 1.22 bits per heavy atom. The number of esters is 1. The smallest absolute Gasteiger partial charge is 0.340 e. The monoisotopic (exact) mass is 374 g/mol. The Labute approximate surface area is 142 Å². The first kappa shape index (κ1) is 15.7. The summed E-state index contributed by atoms with van der Waals surface area (Å²) < 4.78 is 5.78. The Morgan fingerprint density at radius 3 is 2.78 bits per heavy atom. The van der Waals surface area contributed by atoms with Crippen molar-refractivity contribution in [2.24, 2.45) is 0 Å². The third kappa shape index (κ3) is 3.76. The van der Waals surface area contributed by atoms with E-state index in [4.69, 9.17) is 4.74 Å². The van der Waals surface area contributed by atoms with Gasteiger partial charge in [-0.25, -0.2) is 4.79 Å². The van der Waals surface area contributed by atoms with Crippen LogP contribution in [0.5, 0.6) is 0 Å². The number of halogens is 1. The first-order valence-corrected chi connectivity index (χ1v) is 8.05. The number of fused-ring (bicyclic) bond motifs is 1. The fraction of sp³-hybridized carbons (Fsp3) is 0.235. The van der Waals surface area contributed by atoms with Gasteiger partial charge in [-0.1, -0.05) is 24.3 Å². The minimum Gasteiger partial charge on any atom is -0.452 e. The van der Waals surface area contributed by atoms with Crippen LogP contribution in [-0.2, 0) is 22.5 Å². The average Bonchev–Trinajstić information content (AvgIpc) is 2.59. The zero-order chi connectivity index (χ0) is 16.2. The Bertz CT molecular complexity index is 748. The Balaban J connectivity index is 1.57. The second-order valence-corrected chi connectivity index (χ2v) is 6.22. The van der Waals surface area contributed by atoms with Crippen LogP contribution in [-0.4, -0.2) is 34.9 Å². The summed E-state index contributed by atoms with van der Waals surface area (Å²) in [6.45, 7) is 0.949. The molecule has 6 heteroatoms. The molecule has 1 aliphatic rings. The molecule has 0 radical (unpaired) electrons. The molecule has 1 aliphatic heterocycles. The van der Waals surface area contributed by atoms with Gasteiger partial charge in [0.1, 0.15) is 0 Å². The van der Waals surface area contributed by atoms with Gasteiger partial charge < -0.3 is 9.64 Å². The molecule has 0 atom stereocenters. The SMILES string of the molecule is O=C(OCC(=O)N1CCc2ccccc2C1)c1cncc(Br)c1. The fourth-order valence-corrected chi connectivity index (χ4v) is 2.90. The number of aromatic nitrogens is 1. The van der Waals surface area contributed by atoms with E-state index in [0.717, 1.165) is 12.0 Å². The number of nitrogens with zero attached hydrogens (tertiary/aromatic N) is 2. The van der Waals surface area contributed by atoms with Crippen molar-refractivity contribution in [3.63, 3.8) is 0 Å². The maximum absolute atomic E-state index is 12.2. The number of amides is 1. The Hall–Kier alpha value is -2.21. The number of hydrogen-bond acceptors (Lipinski definition) is 4. The fourth-order valence-electron chi connectivity index (χ4n) is 2.53.